The van der Waals surface area contributed by atoms with Crippen molar-refractivity contribution in [1.29, 1.82) is 0 Å². The molecule has 14 heteroatoms. The number of nitrogens with two attached hydrogens (primary N) is 1. The Morgan fingerprint density at radius 1 is 0.545 bits per heavy atom. The standard InChI is InChI=1S/C26H27FN4O2.C26H26FN3O3/c27-24-16-21(25(32)17-28)4-5-22(24)18-31(26(33)30-14-2-1-3-15-30)23-8-6-19(7-9-23)20-10-12-29-13-11-20;1-33-25(31)21-5-6-22(24(27)17-21)18-30(26(32)29-15-3-2-4-16-29)23-9-7-19(8-10-23)20-11-13-28-14-12-20/h4-13,16H,1-3,14-15,17-18,28H2;5-14,17H,2-4,15-16,18H2,1H3. The molecule has 8 rings (SSSR count). The highest BCUT2D eigenvalue weighted by Crippen LogP contribution is 2.29. The van der Waals surface area contributed by atoms with Gasteiger partial charge in [0.2, 0.25) is 0 Å². The Hall–Kier alpha value is -7.32. The van der Waals surface area contributed by atoms with Crippen molar-refractivity contribution in [3.05, 3.63) is 168 Å². The number of piperidine rings is 2. The Morgan fingerprint density at radius 2 is 0.924 bits per heavy atom. The molecule has 2 fully saturated rings. The van der Waals surface area contributed by atoms with E-state index >= 15 is 0 Å². The quantitative estimate of drug-likeness (QED) is 0.100. The van der Waals surface area contributed by atoms with Crippen LogP contribution in [0.5, 0.6) is 0 Å². The number of carbonyl (C=O) groups is 4. The molecular formula is C52H53F2N7O5. The van der Waals surface area contributed by atoms with Gasteiger partial charge >= 0.3 is 18.0 Å². The topological polar surface area (TPSA) is 142 Å². The number of methoxy groups -OCH3 is 1. The number of pyridine rings is 2. The predicted octanol–water partition coefficient (Wildman–Crippen LogP) is 9.93. The molecule has 340 valence electrons. The van der Waals surface area contributed by atoms with Crippen molar-refractivity contribution in [3.8, 4) is 22.3 Å². The zero-order valence-electron chi connectivity index (χ0n) is 37.0. The van der Waals surface area contributed by atoms with E-state index in [1.165, 1.54) is 25.3 Å². The molecule has 2 saturated heterocycles. The third kappa shape index (κ3) is 11.7. The first-order valence-electron chi connectivity index (χ1n) is 22.2. The molecule has 66 heavy (non-hydrogen) atoms. The van der Waals surface area contributed by atoms with Gasteiger partial charge in [0, 0.05) is 79.0 Å². The first-order valence-corrected chi connectivity index (χ1v) is 22.2. The Labute approximate surface area is 383 Å². The number of halogens is 2. The van der Waals surface area contributed by atoms with E-state index in [0.29, 0.717) is 48.7 Å². The van der Waals surface area contributed by atoms with E-state index < -0.39 is 17.6 Å². The molecule has 4 amide bonds. The number of hydrogen-bond acceptors (Lipinski definition) is 8. The maximum absolute atomic E-state index is 14.9. The Morgan fingerprint density at radius 3 is 1.30 bits per heavy atom. The summed E-state index contributed by atoms with van der Waals surface area (Å²) >= 11 is 0. The van der Waals surface area contributed by atoms with E-state index in [-0.39, 0.29) is 48.6 Å². The summed E-state index contributed by atoms with van der Waals surface area (Å²) in [5.41, 5.74) is 11.8. The first kappa shape index (κ1) is 46.7. The van der Waals surface area contributed by atoms with Gasteiger partial charge in [-0.05, 0) is 128 Å². The summed E-state index contributed by atoms with van der Waals surface area (Å²) in [6.45, 7) is 2.70. The normalized spacial score (nSPS) is 13.5. The fourth-order valence-electron chi connectivity index (χ4n) is 8.03. The third-order valence-corrected chi connectivity index (χ3v) is 11.8. The molecule has 0 radical (unpaired) electrons. The minimum atomic E-state index is -0.603. The van der Waals surface area contributed by atoms with Crippen LogP contribution in [0, 0.1) is 11.6 Å². The molecule has 12 nitrogen and oxygen atoms in total. The number of likely N-dealkylation sites (tertiary alicyclic amines) is 2. The van der Waals surface area contributed by atoms with Gasteiger partial charge in [-0.15, -0.1) is 0 Å². The summed E-state index contributed by atoms with van der Waals surface area (Å²) in [5, 5.41) is 0. The molecule has 2 aliphatic rings. The van der Waals surface area contributed by atoms with Crippen LogP contribution in [0.2, 0.25) is 0 Å². The number of carbonyl (C=O) groups excluding carboxylic acids is 4. The third-order valence-electron chi connectivity index (χ3n) is 11.8. The number of amides is 4. The average Bonchev–Trinajstić information content (AvgIpc) is 3.38. The molecule has 2 aliphatic heterocycles. The number of anilines is 2. The fraction of sp³-hybridized carbons (Fsp3) is 0.269. The van der Waals surface area contributed by atoms with Crippen molar-refractivity contribution in [3.63, 3.8) is 0 Å². The maximum atomic E-state index is 14.9. The lowest BCUT2D eigenvalue weighted by atomic mass is 10.1. The van der Waals surface area contributed by atoms with Gasteiger partial charge in [0.05, 0.1) is 32.3 Å². The summed E-state index contributed by atoms with van der Waals surface area (Å²) in [5.74, 6) is -2.01. The van der Waals surface area contributed by atoms with Crippen LogP contribution in [-0.2, 0) is 17.8 Å². The molecule has 4 aromatic carbocycles. The SMILES string of the molecule is COC(=O)c1ccc(CN(C(=O)N2CCCCC2)c2ccc(-c3ccncc3)cc2)c(F)c1.NCC(=O)c1ccc(CN(C(=O)N2CCCCC2)c2ccc(-c3ccncc3)cc2)c(F)c1. The first-order chi connectivity index (χ1) is 32.1. The van der Waals surface area contributed by atoms with Gasteiger partial charge in [-0.3, -0.25) is 24.6 Å². The molecule has 0 unspecified atom stereocenters. The number of rotatable bonds is 11. The van der Waals surface area contributed by atoms with E-state index in [4.69, 9.17) is 5.73 Å². The highest BCUT2D eigenvalue weighted by molar-refractivity contribution is 5.98. The van der Waals surface area contributed by atoms with Crippen LogP contribution in [0.15, 0.2) is 134 Å². The van der Waals surface area contributed by atoms with E-state index in [1.54, 1.807) is 46.7 Å². The summed E-state index contributed by atoms with van der Waals surface area (Å²) in [4.78, 5) is 65.4. The van der Waals surface area contributed by atoms with E-state index in [2.05, 4.69) is 14.7 Å². The summed E-state index contributed by atoms with van der Waals surface area (Å²) in [6.07, 6.45) is 13.0. The van der Waals surface area contributed by atoms with Crippen molar-refractivity contribution in [2.75, 3.05) is 49.6 Å². The number of Topliss-reactive ketones (excluding diaryl/α,β-unsaturated/α-hetero) is 1. The summed E-state index contributed by atoms with van der Waals surface area (Å²) in [7, 11) is 1.25. The number of hydrogen-bond donors (Lipinski definition) is 1. The fourth-order valence-corrected chi connectivity index (χ4v) is 8.03. The smallest absolute Gasteiger partial charge is 0.337 e. The molecule has 0 atom stereocenters. The van der Waals surface area contributed by atoms with Gasteiger partial charge < -0.3 is 20.3 Å². The Kier molecular flexibility index (Phi) is 15.9. The highest BCUT2D eigenvalue weighted by Gasteiger charge is 2.27. The molecule has 0 aliphatic carbocycles. The van der Waals surface area contributed by atoms with Gasteiger partial charge in [0.1, 0.15) is 11.6 Å². The molecule has 6 aromatic rings. The lowest BCUT2D eigenvalue weighted by Gasteiger charge is -2.33. The summed E-state index contributed by atoms with van der Waals surface area (Å²) < 4.78 is 34.4. The molecule has 2 N–H and O–H groups in total. The van der Waals surface area contributed by atoms with E-state index in [0.717, 1.165) is 66.8 Å². The second-order valence-corrected chi connectivity index (χ2v) is 16.1. The maximum Gasteiger partial charge on any atom is 0.337 e. The zero-order valence-corrected chi connectivity index (χ0v) is 37.0. The number of urea groups is 2. The number of ether oxygens (including phenoxy) is 1. The molecule has 0 saturated carbocycles. The summed E-state index contributed by atoms with van der Waals surface area (Å²) in [6, 6.07) is 31.2. The molecule has 4 heterocycles. The second kappa shape index (κ2) is 22.5. The van der Waals surface area contributed by atoms with E-state index in [1.807, 2.05) is 82.6 Å². The van der Waals surface area contributed by atoms with Crippen LogP contribution < -0.4 is 15.5 Å². The number of esters is 1. The molecular weight excluding hydrogens is 841 g/mol. The van der Waals surface area contributed by atoms with Crippen LogP contribution in [-0.4, -0.2) is 83.4 Å². The lowest BCUT2D eigenvalue weighted by Crippen LogP contribution is -2.45. The second-order valence-electron chi connectivity index (χ2n) is 16.1. The van der Waals surface area contributed by atoms with Gasteiger partial charge in [-0.2, -0.15) is 0 Å². The zero-order chi connectivity index (χ0) is 46.4. The minimum Gasteiger partial charge on any atom is -0.465 e. The van der Waals surface area contributed by atoms with Crippen LogP contribution in [0.1, 0.15) is 70.4 Å². The monoisotopic (exact) mass is 893 g/mol. The van der Waals surface area contributed by atoms with Gasteiger partial charge in [0.15, 0.2) is 5.78 Å². The Bertz CT molecular complexity index is 2410. The van der Waals surface area contributed by atoms with Crippen molar-refractivity contribution in [2.45, 2.75) is 51.6 Å². The number of nitrogens with zero attached hydrogens (tertiary/aromatic N) is 6. The average molecular weight is 894 g/mol. The number of aromatic nitrogens is 2. The minimum absolute atomic E-state index is 0.0528. The number of ketones is 1. The van der Waals surface area contributed by atoms with Crippen LogP contribution in [0.25, 0.3) is 22.3 Å². The van der Waals surface area contributed by atoms with Crippen molar-refractivity contribution >= 4 is 35.2 Å². The Balaban J connectivity index is 0.000000196. The van der Waals surface area contributed by atoms with Crippen molar-refractivity contribution in [2.24, 2.45) is 5.73 Å². The highest BCUT2D eigenvalue weighted by atomic mass is 19.1. The van der Waals surface area contributed by atoms with Gasteiger partial charge in [0.25, 0.3) is 0 Å². The lowest BCUT2D eigenvalue weighted by molar-refractivity contribution is 0.0600. The van der Waals surface area contributed by atoms with Gasteiger partial charge in [-0.25, -0.2) is 23.2 Å². The molecule has 0 bridgehead atoms. The van der Waals surface area contributed by atoms with Gasteiger partial charge in [-0.1, -0.05) is 42.5 Å². The predicted molar refractivity (Wildman–Crippen MR) is 251 cm³/mol. The van der Waals surface area contributed by atoms with Crippen molar-refractivity contribution < 1.29 is 32.7 Å². The van der Waals surface area contributed by atoms with Crippen LogP contribution in [0.3, 0.4) is 0 Å². The largest absolute Gasteiger partial charge is 0.465 e. The van der Waals surface area contributed by atoms with Crippen LogP contribution in [0.4, 0.5) is 29.7 Å². The van der Waals surface area contributed by atoms with Crippen molar-refractivity contribution in [1.82, 2.24) is 19.8 Å². The number of benzene rings is 4. The molecule has 2 aromatic heterocycles. The molecule has 0 spiro atoms. The van der Waals surface area contributed by atoms with Crippen LogP contribution >= 0.6 is 0 Å². The van der Waals surface area contributed by atoms with E-state index in [9.17, 15) is 28.0 Å².